The highest BCUT2D eigenvalue weighted by Gasteiger charge is 2.25. The van der Waals surface area contributed by atoms with Gasteiger partial charge in [-0.25, -0.2) is 13.1 Å². The number of fused-ring (bicyclic) bond motifs is 1. The van der Waals surface area contributed by atoms with Gasteiger partial charge in [-0.15, -0.1) is 11.8 Å². The molecule has 1 aliphatic carbocycles. The van der Waals surface area contributed by atoms with Gasteiger partial charge >= 0.3 is 0 Å². The fourth-order valence-electron chi connectivity index (χ4n) is 4.50. The molecule has 0 bridgehead atoms. The average Bonchev–Trinajstić information content (AvgIpc) is 3.32. The summed E-state index contributed by atoms with van der Waals surface area (Å²) in [6.07, 6.45) is 8.47. The summed E-state index contributed by atoms with van der Waals surface area (Å²) in [4.78, 5) is 15.7. The summed E-state index contributed by atoms with van der Waals surface area (Å²) in [5, 5.41) is 0. The highest BCUT2D eigenvalue weighted by atomic mass is 32.2. The lowest BCUT2D eigenvalue weighted by Crippen LogP contribution is -2.29. The van der Waals surface area contributed by atoms with Crippen LogP contribution in [0.1, 0.15) is 65.7 Å². The number of carbonyl (C=O) groups excluding carboxylic acids is 1. The van der Waals surface area contributed by atoms with E-state index in [1.807, 2.05) is 24.1 Å². The second-order valence-corrected chi connectivity index (χ2v) is 11.0. The Bertz CT molecular complexity index is 1080. The number of amides is 1. The van der Waals surface area contributed by atoms with E-state index in [0.29, 0.717) is 5.56 Å². The zero-order valence-electron chi connectivity index (χ0n) is 18.2. The lowest BCUT2D eigenvalue weighted by atomic mass is 9.89. The highest BCUT2D eigenvalue weighted by Crippen LogP contribution is 2.28. The van der Waals surface area contributed by atoms with Crippen LogP contribution in [-0.2, 0) is 22.9 Å². The summed E-state index contributed by atoms with van der Waals surface area (Å²) in [7, 11) is -3.76. The normalized spacial score (nSPS) is 17.4. The molecule has 7 heteroatoms. The van der Waals surface area contributed by atoms with Crippen molar-refractivity contribution in [2.75, 3.05) is 19.3 Å². The number of benzene rings is 2. The summed E-state index contributed by atoms with van der Waals surface area (Å²) in [5.74, 6) is -0.0818. The first kappa shape index (κ1) is 22.4. The number of nitrogens with one attached hydrogen (secondary N) is 1. The monoisotopic (exact) mass is 458 g/mol. The van der Waals surface area contributed by atoms with Crippen LogP contribution in [0.3, 0.4) is 0 Å². The molecule has 1 heterocycles. The van der Waals surface area contributed by atoms with Gasteiger partial charge in [0.25, 0.3) is 5.91 Å². The first-order chi connectivity index (χ1) is 14.9. The number of hydrogen-bond donors (Lipinski definition) is 1. The molecule has 166 valence electrons. The summed E-state index contributed by atoms with van der Waals surface area (Å²) in [5.41, 5.74) is 4.15. The largest absolute Gasteiger partial charge is 0.339 e. The fraction of sp³-hybridized carbons (Fsp3) is 0.458. The van der Waals surface area contributed by atoms with Crippen molar-refractivity contribution in [3.05, 3.63) is 58.7 Å². The predicted molar refractivity (Wildman–Crippen MR) is 125 cm³/mol. The van der Waals surface area contributed by atoms with Crippen LogP contribution < -0.4 is 4.72 Å². The number of aryl methyl sites for hydroxylation is 2. The van der Waals surface area contributed by atoms with E-state index >= 15 is 0 Å². The number of nitrogens with zero attached hydrogens (tertiary/aromatic N) is 1. The Kier molecular flexibility index (Phi) is 6.74. The molecule has 1 saturated heterocycles. The molecule has 2 aliphatic rings. The van der Waals surface area contributed by atoms with Gasteiger partial charge in [0.2, 0.25) is 10.0 Å². The molecule has 31 heavy (non-hydrogen) atoms. The van der Waals surface area contributed by atoms with Crippen LogP contribution in [0.2, 0.25) is 0 Å². The minimum absolute atomic E-state index is 0.0818. The smallest absolute Gasteiger partial charge is 0.255 e. The molecule has 0 unspecified atom stereocenters. The van der Waals surface area contributed by atoms with E-state index in [-0.39, 0.29) is 16.8 Å². The minimum atomic E-state index is -3.76. The van der Waals surface area contributed by atoms with Gasteiger partial charge in [0, 0.05) is 24.0 Å². The third kappa shape index (κ3) is 4.83. The van der Waals surface area contributed by atoms with Gasteiger partial charge in [0.05, 0.1) is 10.5 Å². The molecular formula is C24H30N2O3S2. The molecule has 1 aliphatic heterocycles. The molecule has 1 atom stereocenters. The van der Waals surface area contributed by atoms with Crippen molar-refractivity contribution in [2.45, 2.75) is 61.3 Å². The number of rotatable bonds is 6. The first-order valence-electron chi connectivity index (χ1n) is 11.0. The number of hydrogen-bond acceptors (Lipinski definition) is 4. The fourth-order valence-corrected chi connectivity index (χ4v) is 6.33. The molecule has 4 rings (SSSR count). The standard InChI is InChI=1S/C24H30N2O3S2/c1-17(19-10-9-18-7-3-4-8-20(18)15-19)25-31(28,29)21-11-12-23(30-2)22(16-21)24(27)26-13-5-6-14-26/h9-12,15-17,25H,3-8,13-14H2,1-2H3/t17-/m0/s1. The SMILES string of the molecule is CSc1ccc(S(=O)(=O)N[C@@H](C)c2ccc3c(c2)CCCC3)cc1C(=O)N1CCCC1. The Balaban J connectivity index is 1.58. The summed E-state index contributed by atoms with van der Waals surface area (Å²) in [6.45, 7) is 3.34. The third-order valence-electron chi connectivity index (χ3n) is 6.31. The molecule has 0 spiro atoms. The van der Waals surface area contributed by atoms with E-state index in [0.717, 1.165) is 49.2 Å². The Morgan fingerprint density at radius 1 is 1.00 bits per heavy atom. The summed E-state index contributed by atoms with van der Waals surface area (Å²) >= 11 is 1.46. The quantitative estimate of drug-likeness (QED) is 0.645. The van der Waals surface area contributed by atoms with Crippen molar-refractivity contribution in [1.29, 1.82) is 0 Å². The van der Waals surface area contributed by atoms with Gasteiger partial charge in [-0.3, -0.25) is 4.79 Å². The van der Waals surface area contributed by atoms with Gasteiger partial charge in [0.15, 0.2) is 0 Å². The molecule has 1 amide bonds. The van der Waals surface area contributed by atoms with E-state index in [1.165, 1.54) is 41.8 Å². The van der Waals surface area contributed by atoms with Crippen molar-refractivity contribution in [3.8, 4) is 0 Å². The van der Waals surface area contributed by atoms with Crippen molar-refractivity contribution in [3.63, 3.8) is 0 Å². The number of likely N-dealkylation sites (tertiary alicyclic amines) is 1. The highest BCUT2D eigenvalue weighted by molar-refractivity contribution is 7.98. The van der Waals surface area contributed by atoms with Gasteiger partial charge in [-0.1, -0.05) is 18.2 Å². The van der Waals surface area contributed by atoms with Crippen molar-refractivity contribution < 1.29 is 13.2 Å². The lowest BCUT2D eigenvalue weighted by molar-refractivity contribution is 0.0789. The van der Waals surface area contributed by atoms with Crippen molar-refractivity contribution in [2.24, 2.45) is 0 Å². The summed E-state index contributed by atoms with van der Waals surface area (Å²) in [6, 6.07) is 10.8. The third-order valence-corrected chi connectivity index (χ3v) is 8.64. The van der Waals surface area contributed by atoms with Gasteiger partial charge in [0.1, 0.15) is 0 Å². The minimum Gasteiger partial charge on any atom is -0.339 e. The topological polar surface area (TPSA) is 66.5 Å². The molecule has 2 aromatic carbocycles. The Morgan fingerprint density at radius 2 is 1.71 bits per heavy atom. The van der Waals surface area contributed by atoms with Gasteiger partial charge < -0.3 is 4.90 Å². The second kappa shape index (κ2) is 9.35. The van der Waals surface area contributed by atoms with Crippen LogP contribution in [0.25, 0.3) is 0 Å². The van der Waals surface area contributed by atoms with Crippen LogP contribution in [-0.4, -0.2) is 38.6 Å². The molecule has 2 aromatic rings. The molecule has 1 fully saturated rings. The predicted octanol–water partition coefficient (Wildman–Crippen LogP) is 4.56. The van der Waals surface area contributed by atoms with E-state index in [4.69, 9.17) is 0 Å². The average molecular weight is 459 g/mol. The Morgan fingerprint density at radius 3 is 2.42 bits per heavy atom. The van der Waals surface area contributed by atoms with Crippen LogP contribution in [0.5, 0.6) is 0 Å². The zero-order valence-corrected chi connectivity index (χ0v) is 19.8. The zero-order chi connectivity index (χ0) is 22.0. The van der Waals surface area contributed by atoms with Crippen LogP contribution in [0, 0.1) is 0 Å². The Labute approximate surface area is 189 Å². The van der Waals surface area contributed by atoms with Crippen molar-refractivity contribution >= 4 is 27.7 Å². The molecule has 1 N–H and O–H groups in total. The van der Waals surface area contributed by atoms with E-state index in [1.54, 1.807) is 12.1 Å². The maximum Gasteiger partial charge on any atom is 0.255 e. The maximum absolute atomic E-state index is 13.2. The maximum atomic E-state index is 13.2. The van der Waals surface area contributed by atoms with E-state index in [2.05, 4.69) is 16.9 Å². The number of carbonyl (C=O) groups is 1. The molecular weight excluding hydrogens is 428 g/mol. The molecule has 0 aromatic heterocycles. The molecule has 0 radical (unpaired) electrons. The Hall–Kier alpha value is -1.83. The van der Waals surface area contributed by atoms with E-state index in [9.17, 15) is 13.2 Å². The van der Waals surface area contributed by atoms with Gasteiger partial charge in [-0.2, -0.15) is 0 Å². The van der Waals surface area contributed by atoms with Crippen LogP contribution in [0.4, 0.5) is 0 Å². The molecule has 0 saturated carbocycles. The van der Waals surface area contributed by atoms with Crippen molar-refractivity contribution in [1.82, 2.24) is 9.62 Å². The first-order valence-corrected chi connectivity index (χ1v) is 13.7. The van der Waals surface area contributed by atoms with Crippen LogP contribution >= 0.6 is 11.8 Å². The van der Waals surface area contributed by atoms with E-state index < -0.39 is 10.0 Å². The summed E-state index contributed by atoms with van der Waals surface area (Å²) < 4.78 is 29.1. The van der Waals surface area contributed by atoms with Crippen LogP contribution in [0.15, 0.2) is 46.2 Å². The molecule has 5 nitrogen and oxygen atoms in total. The second-order valence-electron chi connectivity index (χ2n) is 8.44. The number of sulfonamides is 1. The van der Waals surface area contributed by atoms with Gasteiger partial charge in [-0.05, 0) is 86.6 Å². The lowest BCUT2D eigenvalue weighted by Gasteiger charge is -2.21. The number of thioether (sulfide) groups is 1.